The van der Waals surface area contributed by atoms with Crippen molar-refractivity contribution in [3.8, 4) is 0 Å². The third-order valence-corrected chi connectivity index (χ3v) is 0. The van der Waals surface area contributed by atoms with Crippen molar-refractivity contribution in [2.75, 3.05) is 0 Å². The third kappa shape index (κ3) is 25.4. The zero-order chi connectivity index (χ0) is 2.71. The molecule has 0 amide bonds. The van der Waals surface area contributed by atoms with Gasteiger partial charge in [0, 0.05) is 60.8 Å². The van der Waals surface area contributed by atoms with Crippen molar-refractivity contribution in [1.82, 2.24) is 0 Å². The van der Waals surface area contributed by atoms with Crippen molar-refractivity contribution in [3.63, 3.8) is 0 Å². The molecule has 0 atom stereocenters. The Kier molecular flexibility index (Phi) is 53.6. The molecule has 0 aliphatic heterocycles. The Hall–Kier alpha value is 1.84. The van der Waals surface area contributed by atoms with Crippen LogP contribution in [0.2, 0.25) is 0 Å². The van der Waals surface area contributed by atoms with Crippen molar-refractivity contribution < 1.29 is 8.92 Å². The van der Waals surface area contributed by atoms with Crippen molar-refractivity contribution in [1.29, 1.82) is 0 Å². The second kappa shape index (κ2) is 17.0. The smallest absolute Gasteiger partial charge is 0.274 e. The zero-order valence-corrected chi connectivity index (χ0v) is 7.35. The van der Waals surface area contributed by atoms with E-state index in [0.29, 0.717) is 0 Å². The third-order valence-electron chi connectivity index (χ3n) is 0. The van der Waals surface area contributed by atoms with Gasteiger partial charge in [-0.25, -0.2) is 0 Å². The molecule has 0 bridgehead atoms. The van der Waals surface area contributed by atoms with Gasteiger partial charge in [-0.05, 0) is 0 Å². The molecule has 0 saturated carbocycles. The number of hydrogen-bond donors (Lipinski definition) is 0. The fourth-order valence-corrected chi connectivity index (χ4v) is 0. The van der Waals surface area contributed by atoms with Crippen LogP contribution in [0.5, 0.6) is 0 Å². The summed E-state index contributed by atoms with van der Waals surface area (Å²) in [6, 6.07) is 0. The Morgan fingerprint density at radius 3 is 1.20 bits per heavy atom. The van der Waals surface area contributed by atoms with Crippen LogP contribution >= 0.6 is 0 Å². The first-order valence-corrected chi connectivity index (χ1v) is 1.22. The van der Waals surface area contributed by atoms with Gasteiger partial charge in [-0.1, -0.05) is 0 Å². The summed E-state index contributed by atoms with van der Waals surface area (Å²) in [5, 5.41) is 0. The maximum Gasteiger partial charge on any atom is 0.549 e. The van der Waals surface area contributed by atoms with Crippen LogP contribution in [0.25, 0.3) is 0 Å². The molecule has 0 fully saturated rings. The summed E-state index contributed by atoms with van der Waals surface area (Å²) in [7, 11) is -1.42. The van der Waals surface area contributed by atoms with Crippen LogP contribution in [0.1, 0.15) is 0 Å². The molecule has 0 spiro atoms. The fraction of sp³-hybridized carbons (Fsp3) is 0. The molecule has 0 saturated heterocycles. The van der Waals surface area contributed by atoms with E-state index < -0.39 is 9.29 Å². The molecule has 5 heteroatoms. The average Bonchev–Trinajstić information content (AvgIpc) is 0.918. The van der Waals surface area contributed by atoms with Crippen LogP contribution < -0.4 is 0 Å². The Balaban J connectivity index is -0.0000000200. The monoisotopic (exact) mass is 124 g/mol. The fourth-order valence-electron chi connectivity index (χ4n) is 0. The van der Waals surface area contributed by atoms with E-state index in [4.69, 9.17) is 8.92 Å². The van der Waals surface area contributed by atoms with E-state index in [-0.39, 0.29) is 60.8 Å². The quantitative estimate of drug-likeness (QED) is 0.373. The van der Waals surface area contributed by atoms with Crippen molar-refractivity contribution in [2.45, 2.75) is 0 Å². The molecule has 0 N–H and O–H groups in total. The maximum atomic E-state index is 8.40. The maximum absolute atomic E-state index is 8.40. The van der Waals surface area contributed by atoms with Crippen molar-refractivity contribution in [3.05, 3.63) is 0 Å². The second-order valence-corrected chi connectivity index (χ2v) is 0.250. The van der Waals surface area contributed by atoms with E-state index >= 15 is 0 Å². The van der Waals surface area contributed by atoms with E-state index in [2.05, 4.69) is 0 Å². The summed E-state index contributed by atoms with van der Waals surface area (Å²) in [6.45, 7) is 0. The van der Waals surface area contributed by atoms with Gasteiger partial charge in [-0.15, -0.1) is 0 Å². The molecule has 0 aliphatic rings. The SMILES string of the molecule is O=[Si]=O.[Ca].[Mg]. The first kappa shape index (κ1) is 15.8. The molecule has 0 aromatic heterocycles. The van der Waals surface area contributed by atoms with Gasteiger partial charge in [-0.3, -0.25) is 8.92 Å². The predicted molar refractivity (Wildman–Crippen MR) is 18.6 cm³/mol. The summed E-state index contributed by atoms with van der Waals surface area (Å²) in [5.74, 6) is 0. The molecule has 0 aliphatic carbocycles. The summed E-state index contributed by atoms with van der Waals surface area (Å²) in [6.07, 6.45) is 0. The van der Waals surface area contributed by atoms with Crippen LogP contribution in [0.3, 0.4) is 0 Å². The van der Waals surface area contributed by atoms with Gasteiger partial charge in [0.1, 0.15) is 0 Å². The molecular weight excluding hydrogens is 124 g/mol. The van der Waals surface area contributed by atoms with Crippen LogP contribution in [0.4, 0.5) is 0 Å². The van der Waals surface area contributed by atoms with Gasteiger partial charge in [0.05, 0.1) is 0 Å². The Morgan fingerprint density at radius 1 is 1.20 bits per heavy atom. The topological polar surface area (TPSA) is 34.1 Å². The summed E-state index contributed by atoms with van der Waals surface area (Å²) in [5.41, 5.74) is 0. The van der Waals surface area contributed by atoms with E-state index in [0.717, 1.165) is 0 Å². The molecule has 0 unspecified atom stereocenters. The minimum atomic E-state index is -1.42. The van der Waals surface area contributed by atoms with Gasteiger partial charge in [0.15, 0.2) is 0 Å². The first-order chi connectivity index (χ1) is 1.41. The molecule has 20 valence electrons. The Morgan fingerprint density at radius 2 is 1.20 bits per heavy atom. The van der Waals surface area contributed by atoms with E-state index in [1.807, 2.05) is 0 Å². The molecule has 0 aromatic rings. The first-order valence-electron chi connectivity index (χ1n) is 0.408. The predicted octanol–water partition coefficient (Wildman–Crippen LogP) is -1.38. The average molecular weight is 124 g/mol. The standard InChI is InChI=1S/Ca.Mg.O2Si/c;;1-3-2. The Labute approximate surface area is 77.8 Å². The van der Waals surface area contributed by atoms with Crippen molar-refractivity contribution in [2.24, 2.45) is 0 Å². The van der Waals surface area contributed by atoms with E-state index in [9.17, 15) is 0 Å². The molecule has 5 heavy (non-hydrogen) atoms. The summed E-state index contributed by atoms with van der Waals surface area (Å²) < 4.78 is 16.8. The van der Waals surface area contributed by atoms with Gasteiger partial charge in [0.25, 0.3) is 0 Å². The van der Waals surface area contributed by atoms with Gasteiger partial charge in [-0.2, -0.15) is 0 Å². The van der Waals surface area contributed by atoms with Gasteiger partial charge >= 0.3 is 9.29 Å². The van der Waals surface area contributed by atoms with Crippen LogP contribution in [-0.2, 0) is 8.92 Å². The second-order valence-electron chi connectivity index (χ2n) is 0.0833. The zero-order valence-electron chi connectivity index (χ0n) is 2.73. The molecule has 0 rings (SSSR count). The Bertz CT molecular complexity index is 30.6. The minimum absolute atomic E-state index is 0. The minimum Gasteiger partial charge on any atom is -0.274 e. The molecule has 0 heterocycles. The molecule has 0 aromatic carbocycles. The van der Waals surface area contributed by atoms with Gasteiger partial charge < -0.3 is 0 Å². The molecule has 2 nitrogen and oxygen atoms in total. The van der Waals surface area contributed by atoms with Crippen LogP contribution in [0.15, 0.2) is 0 Å². The summed E-state index contributed by atoms with van der Waals surface area (Å²) >= 11 is 0. The van der Waals surface area contributed by atoms with E-state index in [1.54, 1.807) is 0 Å². The molecule has 4 radical (unpaired) electrons. The van der Waals surface area contributed by atoms with Crippen molar-refractivity contribution >= 4 is 70.1 Å². The summed E-state index contributed by atoms with van der Waals surface area (Å²) in [4.78, 5) is 0. The number of hydrogen-bond acceptors (Lipinski definition) is 2. The van der Waals surface area contributed by atoms with Crippen LogP contribution in [0, 0.1) is 0 Å². The van der Waals surface area contributed by atoms with Gasteiger partial charge in [0.2, 0.25) is 0 Å². The normalized spacial score (nSPS) is 1.60. The number of rotatable bonds is 0. The molecular formula is CaMgO2Si. The largest absolute Gasteiger partial charge is 0.549 e. The van der Waals surface area contributed by atoms with Crippen LogP contribution in [-0.4, -0.2) is 70.1 Å². The van der Waals surface area contributed by atoms with E-state index in [1.165, 1.54) is 0 Å².